The number of ether oxygens (including phenoxy) is 1. The van der Waals surface area contributed by atoms with Crippen LogP contribution in [0, 0.1) is 6.92 Å². The minimum Gasteiger partial charge on any atom is -0.380 e. The van der Waals surface area contributed by atoms with E-state index in [2.05, 4.69) is 23.9 Å². The van der Waals surface area contributed by atoms with Crippen LogP contribution < -0.4 is 5.73 Å². The van der Waals surface area contributed by atoms with E-state index < -0.39 is 0 Å². The number of rotatable bonds is 7. The van der Waals surface area contributed by atoms with Crippen LogP contribution in [0.1, 0.15) is 32.4 Å². The Kier molecular flexibility index (Phi) is 4.42. The zero-order valence-electron chi connectivity index (χ0n) is 12.0. The molecule has 0 spiro atoms. The van der Waals surface area contributed by atoms with Gasteiger partial charge in [0.05, 0.1) is 18.8 Å². The van der Waals surface area contributed by atoms with Crippen LogP contribution in [0.5, 0.6) is 0 Å². The van der Waals surface area contributed by atoms with E-state index in [1.165, 1.54) is 0 Å². The van der Waals surface area contributed by atoms with Gasteiger partial charge in [-0.15, -0.1) is 0 Å². The van der Waals surface area contributed by atoms with Crippen LogP contribution in [0.15, 0.2) is 0 Å². The number of anilines is 1. The second-order valence-corrected chi connectivity index (χ2v) is 4.66. The van der Waals surface area contributed by atoms with Gasteiger partial charge in [0, 0.05) is 13.2 Å². The van der Waals surface area contributed by atoms with Gasteiger partial charge in [-0.25, -0.2) is 9.67 Å². The smallest absolute Gasteiger partial charge is 0.202 e. The highest BCUT2D eigenvalue weighted by molar-refractivity contribution is 5.77. The molecule has 19 heavy (non-hydrogen) atoms. The molecule has 0 radical (unpaired) electrons. The van der Waals surface area contributed by atoms with Gasteiger partial charge in [-0.3, -0.25) is 4.57 Å². The number of nitrogen functional groups attached to an aromatic ring is 1. The van der Waals surface area contributed by atoms with Crippen LogP contribution in [0.2, 0.25) is 0 Å². The van der Waals surface area contributed by atoms with Gasteiger partial charge in [-0.05, 0) is 20.3 Å². The molecule has 0 aromatic carbocycles. The van der Waals surface area contributed by atoms with Crippen molar-refractivity contribution in [1.29, 1.82) is 0 Å². The van der Waals surface area contributed by atoms with E-state index in [1.54, 1.807) is 0 Å². The second-order valence-electron chi connectivity index (χ2n) is 4.66. The van der Waals surface area contributed by atoms with Crippen molar-refractivity contribution < 1.29 is 4.74 Å². The Morgan fingerprint density at radius 3 is 2.74 bits per heavy atom. The van der Waals surface area contributed by atoms with Gasteiger partial charge in [0.15, 0.2) is 5.65 Å². The quantitative estimate of drug-likeness (QED) is 0.777. The molecule has 0 fully saturated rings. The molecule has 0 atom stereocenters. The Labute approximate surface area is 113 Å². The van der Waals surface area contributed by atoms with Gasteiger partial charge in [0.1, 0.15) is 5.52 Å². The van der Waals surface area contributed by atoms with Crippen LogP contribution in [-0.2, 0) is 17.8 Å². The summed E-state index contributed by atoms with van der Waals surface area (Å²) in [6.07, 6.45) is 2.25. The molecule has 2 rings (SSSR count). The number of fused-ring (bicyclic) bond motifs is 1. The predicted molar refractivity (Wildman–Crippen MR) is 76.1 cm³/mol. The Morgan fingerprint density at radius 2 is 2.05 bits per heavy atom. The highest BCUT2D eigenvalue weighted by Gasteiger charge is 2.16. The molecule has 0 bridgehead atoms. The number of unbranched alkanes of at least 4 members (excludes halogenated alkanes) is 1. The summed E-state index contributed by atoms with van der Waals surface area (Å²) in [6, 6.07) is 0. The first-order chi connectivity index (χ1) is 9.19. The molecule has 0 saturated carbocycles. The fourth-order valence-corrected chi connectivity index (χ4v) is 2.19. The van der Waals surface area contributed by atoms with Gasteiger partial charge in [-0.1, -0.05) is 13.3 Å². The standard InChI is InChI=1S/C13H23N5O/c1-4-6-8-19-9-7-17-12-11(15-13(17)14)10(3)16-18(12)5-2/h4-9H2,1-3H3,(H2,14,15). The summed E-state index contributed by atoms with van der Waals surface area (Å²) in [6.45, 7) is 9.18. The lowest BCUT2D eigenvalue weighted by molar-refractivity contribution is 0.124. The van der Waals surface area contributed by atoms with E-state index in [1.807, 2.05) is 16.2 Å². The number of hydrogen-bond acceptors (Lipinski definition) is 4. The van der Waals surface area contributed by atoms with Crippen LogP contribution in [0.4, 0.5) is 5.95 Å². The van der Waals surface area contributed by atoms with Gasteiger partial charge in [-0.2, -0.15) is 5.10 Å². The fraction of sp³-hybridized carbons (Fsp3) is 0.692. The maximum absolute atomic E-state index is 5.99. The Bertz CT molecular complexity index is 543. The van der Waals surface area contributed by atoms with E-state index in [0.717, 1.165) is 49.4 Å². The summed E-state index contributed by atoms with van der Waals surface area (Å²) in [5.41, 5.74) is 8.80. The van der Waals surface area contributed by atoms with Crippen molar-refractivity contribution in [3.63, 3.8) is 0 Å². The van der Waals surface area contributed by atoms with E-state index >= 15 is 0 Å². The van der Waals surface area contributed by atoms with Gasteiger partial charge >= 0.3 is 0 Å². The zero-order chi connectivity index (χ0) is 13.8. The summed E-state index contributed by atoms with van der Waals surface area (Å²) in [7, 11) is 0. The Balaban J connectivity index is 2.15. The lowest BCUT2D eigenvalue weighted by Gasteiger charge is -2.08. The normalized spacial score (nSPS) is 11.5. The topological polar surface area (TPSA) is 70.9 Å². The van der Waals surface area contributed by atoms with E-state index in [-0.39, 0.29) is 0 Å². The third kappa shape index (κ3) is 2.73. The molecule has 0 unspecified atom stereocenters. The third-order valence-electron chi connectivity index (χ3n) is 3.23. The predicted octanol–water partition coefficient (Wildman–Crippen LogP) is 1.96. The molecule has 0 amide bonds. The number of hydrogen-bond donors (Lipinski definition) is 1. The summed E-state index contributed by atoms with van der Waals surface area (Å²) < 4.78 is 9.53. The van der Waals surface area contributed by atoms with E-state index in [9.17, 15) is 0 Å². The molecule has 6 heteroatoms. The van der Waals surface area contributed by atoms with Gasteiger partial charge in [0.2, 0.25) is 5.95 Å². The molecule has 106 valence electrons. The monoisotopic (exact) mass is 265 g/mol. The van der Waals surface area contributed by atoms with Crippen molar-refractivity contribution in [2.45, 2.75) is 46.7 Å². The summed E-state index contributed by atoms with van der Waals surface area (Å²) >= 11 is 0. The number of nitrogens with zero attached hydrogens (tertiary/aromatic N) is 4. The van der Waals surface area contributed by atoms with Crippen molar-refractivity contribution in [3.8, 4) is 0 Å². The maximum Gasteiger partial charge on any atom is 0.202 e. The number of nitrogens with two attached hydrogens (primary N) is 1. The van der Waals surface area contributed by atoms with E-state index in [4.69, 9.17) is 10.5 Å². The fourth-order valence-electron chi connectivity index (χ4n) is 2.19. The van der Waals surface area contributed by atoms with Crippen LogP contribution >= 0.6 is 0 Å². The minimum atomic E-state index is 0.539. The van der Waals surface area contributed by atoms with Gasteiger partial charge in [0.25, 0.3) is 0 Å². The van der Waals surface area contributed by atoms with Crippen LogP contribution in [0.3, 0.4) is 0 Å². The summed E-state index contributed by atoms with van der Waals surface area (Å²) in [5.74, 6) is 0.539. The minimum absolute atomic E-state index is 0.539. The molecule has 2 heterocycles. The molecular weight excluding hydrogens is 242 g/mol. The molecule has 0 aliphatic heterocycles. The number of imidazole rings is 1. The first-order valence-electron chi connectivity index (χ1n) is 6.95. The van der Waals surface area contributed by atoms with Crippen molar-refractivity contribution >= 4 is 17.1 Å². The van der Waals surface area contributed by atoms with Crippen molar-refractivity contribution in [2.75, 3.05) is 18.9 Å². The first-order valence-corrected chi connectivity index (χ1v) is 6.95. The molecule has 2 aromatic heterocycles. The third-order valence-corrected chi connectivity index (χ3v) is 3.23. The largest absolute Gasteiger partial charge is 0.380 e. The molecule has 2 N–H and O–H groups in total. The lowest BCUT2D eigenvalue weighted by atomic mass is 10.4. The molecule has 0 saturated heterocycles. The van der Waals surface area contributed by atoms with Crippen molar-refractivity contribution in [2.24, 2.45) is 0 Å². The number of aryl methyl sites for hydroxylation is 2. The molecular formula is C13H23N5O. The zero-order valence-corrected chi connectivity index (χ0v) is 12.0. The van der Waals surface area contributed by atoms with Crippen LogP contribution in [0.25, 0.3) is 11.2 Å². The number of aromatic nitrogens is 4. The molecule has 0 aliphatic carbocycles. The summed E-state index contributed by atoms with van der Waals surface area (Å²) in [5, 5.41) is 4.46. The van der Waals surface area contributed by atoms with Gasteiger partial charge < -0.3 is 10.5 Å². The lowest BCUT2D eigenvalue weighted by Crippen LogP contribution is -2.12. The van der Waals surface area contributed by atoms with Crippen molar-refractivity contribution in [3.05, 3.63) is 5.69 Å². The summed E-state index contributed by atoms with van der Waals surface area (Å²) in [4.78, 5) is 4.40. The van der Waals surface area contributed by atoms with Crippen molar-refractivity contribution in [1.82, 2.24) is 19.3 Å². The Morgan fingerprint density at radius 1 is 1.26 bits per heavy atom. The highest BCUT2D eigenvalue weighted by atomic mass is 16.5. The average molecular weight is 265 g/mol. The Hall–Kier alpha value is -1.56. The average Bonchev–Trinajstić information content (AvgIpc) is 2.88. The van der Waals surface area contributed by atoms with E-state index in [0.29, 0.717) is 12.6 Å². The molecule has 0 aliphatic rings. The van der Waals surface area contributed by atoms with Crippen LogP contribution in [-0.4, -0.2) is 32.5 Å². The SMILES string of the molecule is CCCCOCCn1c(N)nc2c(C)nn(CC)c21. The molecule has 2 aromatic rings. The maximum atomic E-state index is 5.99. The second kappa shape index (κ2) is 6.06. The highest BCUT2D eigenvalue weighted by Crippen LogP contribution is 2.20. The molecule has 6 nitrogen and oxygen atoms in total. The first kappa shape index (κ1) is 13.9.